The third kappa shape index (κ3) is 4.49. The average molecular weight is 400 g/mol. The molecule has 0 aliphatic carbocycles. The van der Waals surface area contributed by atoms with Crippen LogP contribution in [0, 0.1) is 0 Å². The predicted molar refractivity (Wildman–Crippen MR) is 119 cm³/mol. The van der Waals surface area contributed by atoms with Crippen LogP contribution in [0.4, 0.5) is 0 Å². The van der Waals surface area contributed by atoms with Gasteiger partial charge < -0.3 is 18.9 Å². The molecule has 4 rings (SSSR count). The first-order chi connectivity index (χ1) is 14.8. The molecule has 0 fully saturated rings. The molecule has 0 aliphatic rings. The van der Waals surface area contributed by atoms with Crippen LogP contribution in [0.2, 0.25) is 0 Å². The second-order valence-corrected chi connectivity index (χ2v) is 6.76. The summed E-state index contributed by atoms with van der Waals surface area (Å²) in [6.45, 7) is 3.05. The van der Waals surface area contributed by atoms with E-state index < -0.39 is 0 Å². The molecule has 0 atom stereocenters. The van der Waals surface area contributed by atoms with Gasteiger partial charge in [0, 0.05) is 5.39 Å². The van der Waals surface area contributed by atoms with Crippen molar-refractivity contribution in [3.63, 3.8) is 0 Å². The molecule has 0 unspecified atom stereocenters. The monoisotopic (exact) mass is 400 g/mol. The van der Waals surface area contributed by atoms with E-state index in [1.165, 1.54) is 0 Å². The third-order valence-corrected chi connectivity index (χ3v) is 4.73. The summed E-state index contributed by atoms with van der Waals surface area (Å²) in [6, 6.07) is 27.5. The fourth-order valence-corrected chi connectivity index (χ4v) is 3.23. The lowest BCUT2D eigenvalue weighted by Crippen LogP contribution is -1.98. The van der Waals surface area contributed by atoms with Gasteiger partial charge in [0.1, 0.15) is 23.9 Å². The van der Waals surface area contributed by atoms with E-state index in [2.05, 4.69) is 0 Å². The number of hydrogen-bond acceptors (Lipinski definition) is 4. The van der Waals surface area contributed by atoms with E-state index in [0.29, 0.717) is 30.5 Å². The van der Waals surface area contributed by atoms with E-state index in [-0.39, 0.29) is 0 Å². The maximum atomic E-state index is 6.30. The first-order valence-electron chi connectivity index (χ1n) is 9.95. The summed E-state index contributed by atoms with van der Waals surface area (Å²) in [4.78, 5) is 0. The maximum Gasteiger partial charge on any atom is 0.177 e. The van der Waals surface area contributed by atoms with Crippen molar-refractivity contribution in [1.29, 1.82) is 0 Å². The number of fused-ring (bicyclic) bond motifs is 1. The van der Waals surface area contributed by atoms with Gasteiger partial charge in [-0.05, 0) is 66.4 Å². The van der Waals surface area contributed by atoms with Gasteiger partial charge in [-0.1, -0.05) is 36.4 Å². The van der Waals surface area contributed by atoms with Crippen LogP contribution in [0.5, 0.6) is 28.7 Å². The van der Waals surface area contributed by atoms with E-state index in [1.54, 1.807) is 7.11 Å². The van der Waals surface area contributed by atoms with Gasteiger partial charge in [-0.3, -0.25) is 0 Å². The van der Waals surface area contributed by atoms with Crippen LogP contribution in [0.3, 0.4) is 0 Å². The summed E-state index contributed by atoms with van der Waals surface area (Å²) < 4.78 is 23.3. The van der Waals surface area contributed by atoms with Crippen LogP contribution in [0.1, 0.15) is 12.5 Å². The lowest BCUT2D eigenvalue weighted by molar-refractivity contribution is 0.292. The van der Waals surface area contributed by atoms with Crippen molar-refractivity contribution < 1.29 is 18.9 Å². The first-order valence-corrected chi connectivity index (χ1v) is 9.95. The van der Waals surface area contributed by atoms with Crippen LogP contribution in [0.15, 0.2) is 84.9 Å². The third-order valence-electron chi connectivity index (χ3n) is 4.73. The maximum absolute atomic E-state index is 6.30. The first kappa shape index (κ1) is 19.6. The van der Waals surface area contributed by atoms with Gasteiger partial charge in [-0.25, -0.2) is 0 Å². The van der Waals surface area contributed by atoms with Crippen molar-refractivity contribution in [3.05, 3.63) is 90.5 Å². The molecule has 0 aromatic heterocycles. The van der Waals surface area contributed by atoms with E-state index in [9.17, 15) is 0 Å². The summed E-state index contributed by atoms with van der Waals surface area (Å²) >= 11 is 0. The fourth-order valence-electron chi connectivity index (χ4n) is 3.23. The molecule has 0 heterocycles. The minimum absolute atomic E-state index is 0.460. The number of ether oxygens (including phenoxy) is 4. The second-order valence-electron chi connectivity index (χ2n) is 6.76. The highest BCUT2D eigenvalue weighted by atomic mass is 16.5. The Morgan fingerprint density at radius 3 is 2.17 bits per heavy atom. The second kappa shape index (κ2) is 9.23. The van der Waals surface area contributed by atoms with Crippen LogP contribution in [0.25, 0.3) is 10.8 Å². The molecule has 0 saturated heterocycles. The molecular formula is C26H24O4. The largest absolute Gasteiger partial charge is 0.497 e. The molecule has 0 N–H and O–H groups in total. The molecule has 0 amide bonds. The molecule has 0 radical (unpaired) electrons. The highest BCUT2D eigenvalue weighted by Crippen LogP contribution is 2.40. The van der Waals surface area contributed by atoms with E-state index >= 15 is 0 Å². The molecule has 0 spiro atoms. The lowest BCUT2D eigenvalue weighted by atomic mass is 10.1. The van der Waals surface area contributed by atoms with Crippen molar-refractivity contribution in [2.24, 2.45) is 0 Å². The Kier molecular flexibility index (Phi) is 6.04. The van der Waals surface area contributed by atoms with Crippen LogP contribution in [-0.4, -0.2) is 13.7 Å². The Bertz CT molecular complexity index is 1110. The summed E-state index contributed by atoms with van der Waals surface area (Å²) in [5, 5.41) is 1.97. The van der Waals surface area contributed by atoms with Gasteiger partial charge in [-0.2, -0.15) is 0 Å². The minimum atomic E-state index is 0.460. The standard InChI is InChI=1S/C26H24O4/c1-3-28-21-10-12-22(13-11-21)30-26-24-15-14-23(27-2)17-20(24)9-16-25(26)29-18-19-7-5-4-6-8-19/h4-17H,3,18H2,1-2H3. The quantitative estimate of drug-likeness (QED) is 0.333. The average Bonchev–Trinajstić information content (AvgIpc) is 2.80. The Morgan fingerprint density at radius 1 is 0.700 bits per heavy atom. The van der Waals surface area contributed by atoms with Crippen molar-refractivity contribution in [2.45, 2.75) is 13.5 Å². The zero-order valence-electron chi connectivity index (χ0n) is 17.1. The number of rotatable bonds is 8. The van der Waals surface area contributed by atoms with Crippen LogP contribution >= 0.6 is 0 Å². The smallest absolute Gasteiger partial charge is 0.177 e. The van der Waals surface area contributed by atoms with Gasteiger partial charge in [0.25, 0.3) is 0 Å². The summed E-state index contributed by atoms with van der Waals surface area (Å²) in [5.74, 6) is 3.69. The van der Waals surface area contributed by atoms with E-state index in [1.807, 2.05) is 91.9 Å². The van der Waals surface area contributed by atoms with Crippen molar-refractivity contribution in [1.82, 2.24) is 0 Å². The summed E-state index contributed by atoms with van der Waals surface area (Å²) in [5.41, 5.74) is 1.10. The highest BCUT2D eigenvalue weighted by Gasteiger charge is 2.13. The van der Waals surface area contributed by atoms with Gasteiger partial charge >= 0.3 is 0 Å². The molecule has 0 bridgehead atoms. The normalized spacial score (nSPS) is 10.6. The SMILES string of the molecule is CCOc1ccc(Oc2c(OCc3ccccc3)ccc3cc(OC)ccc23)cc1. The molecule has 4 heteroatoms. The summed E-state index contributed by atoms with van der Waals surface area (Å²) in [6.07, 6.45) is 0. The van der Waals surface area contributed by atoms with Gasteiger partial charge in [0.15, 0.2) is 11.5 Å². The zero-order valence-corrected chi connectivity index (χ0v) is 17.1. The Hall–Kier alpha value is -3.66. The van der Waals surface area contributed by atoms with Gasteiger partial charge in [0.2, 0.25) is 0 Å². The summed E-state index contributed by atoms with van der Waals surface area (Å²) in [7, 11) is 1.66. The number of methoxy groups -OCH3 is 1. The minimum Gasteiger partial charge on any atom is -0.497 e. The number of hydrogen-bond donors (Lipinski definition) is 0. The molecule has 30 heavy (non-hydrogen) atoms. The fraction of sp³-hybridized carbons (Fsp3) is 0.154. The van der Waals surface area contributed by atoms with E-state index in [0.717, 1.165) is 27.8 Å². The molecule has 152 valence electrons. The Labute approximate surface area is 176 Å². The predicted octanol–water partition coefficient (Wildman–Crippen LogP) is 6.62. The molecule has 0 saturated carbocycles. The molecule has 4 aromatic rings. The van der Waals surface area contributed by atoms with Crippen LogP contribution < -0.4 is 18.9 Å². The number of benzene rings is 4. The Morgan fingerprint density at radius 2 is 1.43 bits per heavy atom. The van der Waals surface area contributed by atoms with Crippen molar-refractivity contribution in [2.75, 3.05) is 13.7 Å². The Balaban J connectivity index is 1.68. The topological polar surface area (TPSA) is 36.9 Å². The van der Waals surface area contributed by atoms with Crippen LogP contribution in [-0.2, 0) is 6.61 Å². The van der Waals surface area contributed by atoms with E-state index in [4.69, 9.17) is 18.9 Å². The van der Waals surface area contributed by atoms with Crippen molar-refractivity contribution in [3.8, 4) is 28.7 Å². The molecule has 4 nitrogen and oxygen atoms in total. The lowest BCUT2D eigenvalue weighted by Gasteiger charge is -2.16. The molecule has 0 aliphatic heterocycles. The molecular weight excluding hydrogens is 376 g/mol. The molecule has 4 aromatic carbocycles. The van der Waals surface area contributed by atoms with Gasteiger partial charge in [-0.15, -0.1) is 0 Å². The zero-order chi connectivity index (χ0) is 20.8. The highest BCUT2D eigenvalue weighted by molar-refractivity contribution is 5.92. The van der Waals surface area contributed by atoms with Crippen molar-refractivity contribution >= 4 is 10.8 Å². The van der Waals surface area contributed by atoms with Gasteiger partial charge in [0.05, 0.1) is 13.7 Å².